The Bertz CT molecular complexity index is 476. The summed E-state index contributed by atoms with van der Waals surface area (Å²) >= 11 is 0. The van der Waals surface area contributed by atoms with Crippen molar-refractivity contribution in [3.63, 3.8) is 0 Å². The van der Waals surface area contributed by atoms with E-state index in [2.05, 4.69) is 22.9 Å². The van der Waals surface area contributed by atoms with Gasteiger partial charge >= 0.3 is 0 Å². The Morgan fingerprint density at radius 2 is 1.85 bits per heavy atom. The molecule has 0 radical (unpaired) electrons. The third kappa shape index (κ3) is 4.12. The molecule has 0 aromatic heterocycles. The van der Waals surface area contributed by atoms with Gasteiger partial charge in [-0.2, -0.15) is 5.26 Å². The Balaban J connectivity index is 1.83. The first-order valence-electron chi connectivity index (χ1n) is 6.84. The van der Waals surface area contributed by atoms with Crippen LogP contribution in [0, 0.1) is 11.3 Å². The predicted molar refractivity (Wildman–Crippen MR) is 77.1 cm³/mol. The van der Waals surface area contributed by atoms with Crippen molar-refractivity contribution < 1.29 is 9.47 Å². The molecule has 0 unspecified atom stereocenters. The fourth-order valence-electron chi connectivity index (χ4n) is 2.20. The van der Waals surface area contributed by atoms with Gasteiger partial charge in [-0.3, -0.25) is 4.90 Å². The van der Waals surface area contributed by atoms with E-state index in [1.54, 1.807) is 19.2 Å². The molecule has 0 spiro atoms. The van der Waals surface area contributed by atoms with Crippen molar-refractivity contribution in [2.75, 3.05) is 53.5 Å². The summed E-state index contributed by atoms with van der Waals surface area (Å²) in [7, 11) is 3.73. The molecule has 1 aliphatic heterocycles. The molecule has 0 N–H and O–H groups in total. The highest BCUT2D eigenvalue weighted by atomic mass is 16.5. The molecular weight excluding hydrogens is 254 g/mol. The molecule has 1 aliphatic rings. The van der Waals surface area contributed by atoms with E-state index < -0.39 is 0 Å². The van der Waals surface area contributed by atoms with E-state index in [0.717, 1.165) is 32.7 Å². The number of methoxy groups -OCH3 is 1. The number of piperazine rings is 1. The Hall–Kier alpha value is -1.77. The van der Waals surface area contributed by atoms with Gasteiger partial charge in [-0.05, 0) is 19.2 Å². The van der Waals surface area contributed by atoms with E-state index >= 15 is 0 Å². The molecule has 5 nitrogen and oxygen atoms in total. The van der Waals surface area contributed by atoms with Crippen LogP contribution in [0.2, 0.25) is 0 Å². The van der Waals surface area contributed by atoms with E-state index in [4.69, 9.17) is 14.7 Å². The van der Waals surface area contributed by atoms with Crippen molar-refractivity contribution in [3.05, 3.63) is 23.8 Å². The largest absolute Gasteiger partial charge is 0.497 e. The summed E-state index contributed by atoms with van der Waals surface area (Å²) in [6, 6.07) is 7.37. The number of nitriles is 1. The van der Waals surface area contributed by atoms with Crippen LogP contribution in [0.1, 0.15) is 5.56 Å². The Morgan fingerprint density at radius 1 is 1.15 bits per heavy atom. The fourth-order valence-corrected chi connectivity index (χ4v) is 2.20. The number of hydrogen-bond acceptors (Lipinski definition) is 5. The summed E-state index contributed by atoms with van der Waals surface area (Å²) in [6.07, 6.45) is 0. The molecule has 0 aliphatic carbocycles. The van der Waals surface area contributed by atoms with Crippen LogP contribution in [0.3, 0.4) is 0 Å². The quantitative estimate of drug-likeness (QED) is 0.808. The highest BCUT2D eigenvalue weighted by Gasteiger charge is 2.13. The highest BCUT2D eigenvalue weighted by molar-refractivity contribution is 5.43. The van der Waals surface area contributed by atoms with Crippen molar-refractivity contribution in [3.8, 4) is 17.6 Å². The second kappa shape index (κ2) is 7.13. The number of ether oxygens (including phenoxy) is 2. The van der Waals surface area contributed by atoms with Crippen LogP contribution in [0.5, 0.6) is 11.5 Å². The summed E-state index contributed by atoms with van der Waals surface area (Å²) < 4.78 is 10.9. The van der Waals surface area contributed by atoms with Gasteiger partial charge in [0.1, 0.15) is 18.1 Å². The van der Waals surface area contributed by atoms with Crippen molar-refractivity contribution in [1.29, 1.82) is 5.26 Å². The maximum Gasteiger partial charge on any atom is 0.124 e. The summed E-state index contributed by atoms with van der Waals surface area (Å²) in [4.78, 5) is 4.73. The predicted octanol–water partition coefficient (Wildman–Crippen LogP) is 1.19. The van der Waals surface area contributed by atoms with Gasteiger partial charge in [-0.25, -0.2) is 0 Å². The lowest BCUT2D eigenvalue weighted by molar-refractivity contribution is 0.133. The molecule has 1 aromatic carbocycles. The topological polar surface area (TPSA) is 48.7 Å². The molecule has 20 heavy (non-hydrogen) atoms. The molecule has 108 valence electrons. The lowest BCUT2D eigenvalue weighted by Gasteiger charge is -2.32. The number of benzene rings is 1. The van der Waals surface area contributed by atoms with Gasteiger partial charge in [0.05, 0.1) is 18.7 Å². The first-order chi connectivity index (χ1) is 9.71. The van der Waals surface area contributed by atoms with Crippen LogP contribution < -0.4 is 9.47 Å². The van der Waals surface area contributed by atoms with Crippen molar-refractivity contribution in [2.24, 2.45) is 0 Å². The van der Waals surface area contributed by atoms with Gasteiger partial charge in [-0.1, -0.05) is 0 Å². The molecular formula is C15H21N3O2. The van der Waals surface area contributed by atoms with Gasteiger partial charge < -0.3 is 14.4 Å². The number of hydrogen-bond donors (Lipinski definition) is 0. The normalized spacial score (nSPS) is 16.6. The van der Waals surface area contributed by atoms with Crippen molar-refractivity contribution in [1.82, 2.24) is 9.80 Å². The van der Waals surface area contributed by atoms with Crippen LogP contribution in [-0.2, 0) is 0 Å². The van der Waals surface area contributed by atoms with Crippen molar-refractivity contribution in [2.45, 2.75) is 0 Å². The number of likely N-dealkylation sites (N-methyl/N-ethyl adjacent to an activating group) is 1. The van der Waals surface area contributed by atoms with Gasteiger partial charge in [-0.15, -0.1) is 0 Å². The Morgan fingerprint density at radius 3 is 2.50 bits per heavy atom. The van der Waals surface area contributed by atoms with Crippen LogP contribution in [0.4, 0.5) is 0 Å². The van der Waals surface area contributed by atoms with E-state index in [-0.39, 0.29) is 0 Å². The second-order valence-corrected chi connectivity index (χ2v) is 5.00. The van der Waals surface area contributed by atoms with Crippen LogP contribution >= 0.6 is 0 Å². The molecule has 2 rings (SSSR count). The fraction of sp³-hybridized carbons (Fsp3) is 0.533. The minimum Gasteiger partial charge on any atom is -0.497 e. The average molecular weight is 275 g/mol. The zero-order valence-corrected chi connectivity index (χ0v) is 12.1. The van der Waals surface area contributed by atoms with Gasteiger partial charge in [0, 0.05) is 38.8 Å². The first kappa shape index (κ1) is 14.6. The second-order valence-electron chi connectivity index (χ2n) is 5.00. The molecule has 1 aromatic rings. The van der Waals surface area contributed by atoms with E-state index in [9.17, 15) is 0 Å². The molecule has 0 amide bonds. The first-order valence-corrected chi connectivity index (χ1v) is 6.84. The monoisotopic (exact) mass is 275 g/mol. The zero-order valence-electron chi connectivity index (χ0n) is 12.1. The number of rotatable bonds is 5. The average Bonchev–Trinajstić information content (AvgIpc) is 2.49. The molecule has 0 bridgehead atoms. The van der Waals surface area contributed by atoms with Gasteiger partial charge in [0.15, 0.2) is 0 Å². The summed E-state index contributed by atoms with van der Waals surface area (Å²) in [5, 5.41) is 8.96. The zero-order chi connectivity index (χ0) is 14.4. The highest BCUT2D eigenvalue weighted by Crippen LogP contribution is 2.22. The van der Waals surface area contributed by atoms with E-state index in [0.29, 0.717) is 23.7 Å². The minimum atomic E-state index is 0.555. The molecule has 1 heterocycles. The van der Waals surface area contributed by atoms with Crippen LogP contribution in [0.25, 0.3) is 0 Å². The third-order valence-electron chi connectivity index (χ3n) is 3.52. The molecule has 0 saturated carbocycles. The summed E-state index contributed by atoms with van der Waals surface area (Å²) in [6.45, 7) is 5.92. The smallest absolute Gasteiger partial charge is 0.124 e. The van der Waals surface area contributed by atoms with E-state index in [1.165, 1.54) is 0 Å². The minimum absolute atomic E-state index is 0.555. The molecule has 0 atom stereocenters. The lowest BCUT2D eigenvalue weighted by atomic mass is 10.2. The van der Waals surface area contributed by atoms with Crippen molar-refractivity contribution >= 4 is 0 Å². The molecule has 1 saturated heterocycles. The van der Waals surface area contributed by atoms with Gasteiger partial charge in [0.2, 0.25) is 0 Å². The standard InChI is InChI=1S/C15H21N3O2/c1-17-3-5-18(6-4-17)7-8-20-15-10-13(12-16)9-14(11-15)19-2/h9-11H,3-8H2,1-2H3. The van der Waals surface area contributed by atoms with Crippen LogP contribution in [-0.4, -0.2) is 63.3 Å². The maximum absolute atomic E-state index is 8.96. The molecule has 5 heteroatoms. The summed E-state index contributed by atoms with van der Waals surface area (Å²) in [5.41, 5.74) is 0.555. The summed E-state index contributed by atoms with van der Waals surface area (Å²) in [5.74, 6) is 1.34. The number of nitrogens with zero attached hydrogens (tertiary/aromatic N) is 3. The third-order valence-corrected chi connectivity index (χ3v) is 3.52. The van der Waals surface area contributed by atoms with Gasteiger partial charge in [0.25, 0.3) is 0 Å². The Kier molecular flexibility index (Phi) is 5.22. The van der Waals surface area contributed by atoms with Crippen LogP contribution in [0.15, 0.2) is 18.2 Å². The Labute approximate surface area is 120 Å². The lowest BCUT2D eigenvalue weighted by Crippen LogP contribution is -2.45. The van der Waals surface area contributed by atoms with E-state index in [1.807, 2.05) is 6.07 Å². The maximum atomic E-state index is 8.96. The SMILES string of the molecule is COc1cc(C#N)cc(OCCN2CCN(C)CC2)c1. The molecule has 1 fully saturated rings.